The van der Waals surface area contributed by atoms with Gasteiger partial charge in [0.2, 0.25) is 0 Å². The molecule has 0 fully saturated rings. The monoisotopic (exact) mass is 312 g/mol. The maximum atomic E-state index is 12.1. The molecule has 0 aliphatic heterocycles. The summed E-state index contributed by atoms with van der Waals surface area (Å²) in [5.74, 6) is -0.341. The molecule has 0 unspecified atom stereocenters. The van der Waals surface area contributed by atoms with Gasteiger partial charge in [-0.1, -0.05) is 24.3 Å². The highest BCUT2D eigenvalue weighted by molar-refractivity contribution is 5.39. The van der Waals surface area contributed by atoms with Gasteiger partial charge in [-0.05, 0) is 23.3 Å². The number of nitro groups is 1. The van der Waals surface area contributed by atoms with Crippen molar-refractivity contribution in [1.82, 2.24) is 0 Å². The van der Waals surface area contributed by atoms with Crippen LogP contribution in [0.5, 0.6) is 5.75 Å². The van der Waals surface area contributed by atoms with Crippen LogP contribution in [0.25, 0.3) is 0 Å². The third kappa shape index (κ3) is 3.95. The molecule has 0 aliphatic carbocycles. The molecule has 0 aliphatic rings. The lowest BCUT2D eigenvalue weighted by atomic mass is 9.99. The van der Waals surface area contributed by atoms with Crippen molar-refractivity contribution in [3.8, 4) is 5.75 Å². The first-order valence-corrected chi connectivity index (χ1v) is 6.12. The molecule has 0 heterocycles. The molecular weight excluding hydrogens is 301 g/mol. The fourth-order valence-corrected chi connectivity index (χ4v) is 1.87. The molecule has 1 atom stereocenters. The molecule has 0 saturated heterocycles. The summed E-state index contributed by atoms with van der Waals surface area (Å²) in [5.41, 5.74) is 7.09. The van der Waals surface area contributed by atoms with Gasteiger partial charge in [0.15, 0.2) is 0 Å². The Balaban J connectivity index is 2.15. The van der Waals surface area contributed by atoms with Gasteiger partial charge in [0.25, 0.3) is 5.69 Å². The van der Waals surface area contributed by atoms with Gasteiger partial charge in [0, 0.05) is 12.1 Å². The Bertz CT molecular complexity index is 655. The second-order valence-corrected chi connectivity index (χ2v) is 4.44. The van der Waals surface area contributed by atoms with E-state index in [4.69, 9.17) is 5.73 Å². The van der Waals surface area contributed by atoms with Crippen LogP contribution in [0, 0.1) is 10.1 Å². The number of ether oxygens (including phenoxy) is 1. The van der Waals surface area contributed by atoms with Crippen molar-refractivity contribution in [3.63, 3.8) is 0 Å². The Morgan fingerprint density at radius 1 is 1.00 bits per heavy atom. The second kappa shape index (κ2) is 6.02. The Hall–Kier alpha value is -2.61. The molecule has 0 spiro atoms. The largest absolute Gasteiger partial charge is 0.573 e. The highest BCUT2D eigenvalue weighted by atomic mass is 19.4. The van der Waals surface area contributed by atoms with E-state index in [0.29, 0.717) is 11.1 Å². The zero-order valence-electron chi connectivity index (χ0n) is 11.1. The summed E-state index contributed by atoms with van der Waals surface area (Å²) in [6, 6.07) is 10.2. The van der Waals surface area contributed by atoms with E-state index in [-0.39, 0.29) is 11.4 Å². The first kappa shape index (κ1) is 15.8. The molecule has 5 nitrogen and oxygen atoms in total. The summed E-state index contributed by atoms with van der Waals surface area (Å²) in [5, 5.41) is 10.6. The first-order chi connectivity index (χ1) is 10.3. The molecule has 116 valence electrons. The number of nitrogens with two attached hydrogens (primary N) is 1. The van der Waals surface area contributed by atoms with E-state index >= 15 is 0 Å². The van der Waals surface area contributed by atoms with Crippen LogP contribution in [-0.4, -0.2) is 11.3 Å². The maximum absolute atomic E-state index is 12.1. The molecule has 22 heavy (non-hydrogen) atoms. The van der Waals surface area contributed by atoms with E-state index in [9.17, 15) is 23.3 Å². The van der Waals surface area contributed by atoms with Gasteiger partial charge in [-0.2, -0.15) is 0 Å². The third-order valence-corrected chi connectivity index (χ3v) is 2.94. The number of rotatable bonds is 4. The predicted molar refractivity (Wildman–Crippen MR) is 72.3 cm³/mol. The standard InChI is InChI=1S/C14H11F3N2O3/c15-14(16,17)22-12-7-3-10(4-8-12)13(18)9-1-5-11(6-2-9)19(20)21/h1-8,13H,18H2/t13-/m1/s1. The topological polar surface area (TPSA) is 78.4 Å². The molecule has 0 aromatic heterocycles. The lowest BCUT2D eigenvalue weighted by molar-refractivity contribution is -0.384. The van der Waals surface area contributed by atoms with E-state index in [1.54, 1.807) is 0 Å². The van der Waals surface area contributed by atoms with Crippen LogP contribution in [0.2, 0.25) is 0 Å². The Kier molecular flexibility index (Phi) is 4.32. The highest BCUT2D eigenvalue weighted by Crippen LogP contribution is 2.26. The molecular formula is C14H11F3N2O3. The fraction of sp³-hybridized carbons (Fsp3) is 0.143. The van der Waals surface area contributed by atoms with E-state index in [1.165, 1.54) is 36.4 Å². The van der Waals surface area contributed by atoms with Crippen molar-refractivity contribution in [2.45, 2.75) is 12.4 Å². The Morgan fingerprint density at radius 3 is 1.86 bits per heavy atom. The van der Waals surface area contributed by atoms with Crippen molar-refractivity contribution < 1.29 is 22.8 Å². The Labute approximate surface area is 123 Å². The summed E-state index contributed by atoms with van der Waals surface area (Å²) in [6.45, 7) is 0. The number of nitro benzene ring substituents is 1. The lowest BCUT2D eigenvalue weighted by Crippen LogP contribution is -2.17. The van der Waals surface area contributed by atoms with Crippen molar-refractivity contribution in [2.24, 2.45) is 5.73 Å². The zero-order chi connectivity index (χ0) is 16.3. The van der Waals surface area contributed by atoms with Crippen molar-refractivity contribution in [1.29, 1.82) is 0 Å². The number of halogens is 3. The van der Waals surface area contributed by atoms with Crippen molar-refractivity contribution in [3.05, 3.63) is 69.8 Å². The van der Waals surface area contributed by atoms with E-state index < -0.39 is 17.3 Å². The van der Waals surface area contributed by atoms with E-state index in [0.717, 1.165) is 12.1 Å². The van der Waals surface area contributed by atoms with Gasteiger partial charge >= 0.3 is 6.36 Å². The fourth-order valence-electron chi connectivity index (χ4n) is 1.87. The lowest BCUT2D eigenvalue weighted by Gasteiger charge is -2.14. The predicted octanol–water partition coefficient (Wildman–Crippen LogP) is 3.54. The van der Waals surface area contributed by atoms with Gasteiger partial charge in [0.05, 0.1) is 11.0 Å². The molecule has 0 bridgehead atoms. The summed E-state index contributed by atoms with van der Waals surface area (Å²) in [7, 11) is 0. The Morgan fingerprint density at radius 2 is 1.45 bits per heavy atom. The summed E-state index contributed by atoms with van der Waals surface area (Å²) < 4.78 is 40.0. The van der Waals surface area contributed by atoms with Crippen molar-refractivity contribution >= 4 is 5.69 Å². The number of benzene rings is 2. The molecule has 2 N–H and O–H groups in total. The summed E-state index contributed by atoms with van der Waals surface area (Å²) in [6.07, 6.45) is -4.75. The molecule has 0 amide bonds. The minimum absolute atomic E-state index is 0.0649. The van der Waals surface area contributed by atoms with E-state index in [2.05, 4.69) is 4.74 Å². The van der Waals surface area contributed by atoms with Crippen LogP contribution < -0.4 is 10.5 Å². The number of nitrogens with zero attached hydrogens (tertiary/aromatic N) is 1. The maximum Gasteiger partial charge on any atom is 0.573 e. The molecule has 2 aromatic rings. The number of alkyl halides is 3. The second-order valence-electron chi connectivity index (χ2n) is 4.44. The van der Waals surface area contributed by atoms with Gasteiger partial charge in [-0.3, -0.25) is 10.1 Å². The van der Waals surface area contributed by atoms with Crippen LogP contribution >= 0.6 is 0 Å². The van der Waals surface area contributed by atoms with Crippen LogP contribution in [-0.2, 0) is 0 Å². The number of hydrogen-bond donors (Lipinski definition) is 1. The number of hydrogen-bond acceptors (Lipinski definition) is 4. The van der Waals surface area contributed by atoms with Crippen LogP contribution in [0.4, 0.5) is 18.9 Å². The average Bonchev–Trinajstić information content (AvgIpc) is 2.46. The third-order valence-electron chi connectivity index (χ3n) is 2.94. The molecule has 2 rings (SSSR count). The normalized spacial score (nSPS) is 12.7. The molecule has 0 radical (unpaired) electrons. The summed E-state index contributed by atoms with van der Waals surface area (Å²) >= 11 is 0. The van der Waals surface area contributed by atoms with Gasteiger partial charge < -0.3 is 10.5 Å². The number of non-ortho nitro benzene ring substituents is 1. The van der Waals surface area contributed by atoms with Crippen LogP contribution in [0.3, 0.4) is 0 Å². The average molecular weight is 312 g/mol. The minimum atomic E-state index is -4.75. The zero-order valence-corrected chi connectivity index (χ0v) is 11.1. The van der Waals surface area contributed by atoms with Gasteiger partial charge in [-0.15, -0.1) is 13.2 Å². The smallest absolute Gasteiger partial charge is 0.406 e. The van der Waals surface area contributed by atoms with E-state index in [1.807, 2.05) is 0 Å². The van der Waals surface area contributed by atoms with Crippen LogP contribution in [0.15, 0.2) is 48.5 Å². The molecule has 8 heteroatoms. The molecule has 2 aromatic carbocycles. The van der Waals surface area contributed by atoms with Crippen molar-refractivity contribution in [2.75, 3.05) is 0 Å². The highest BCUT2D eigenvalue weighted by Gasteiger charge is 2.31. The van der Waals surface area contributed by atoms with Crippen LogP contribution in [0.1, 0.15) is 17.2 Å². The SMILES string of the molecule is N[C@@H](c1ccc(OC(F)(F)F)cc1)c1ccc([N+](=O)[O-])cc1. The quantitative estimate of drug-likeness (QED) is 0.692. The molecule has 0 saturated carbocycles. The van der Waals surface area contributed by atoms with Gasteiger partial charge in [0.1, 0.15) is 5.75 Å². The minimum Gasteiger partial charge on any atom is -0.406 e. The van der Waals surface area contributed by atoms with Gasteiger partial charge in [-0.25, -0.2) is 0 Å². The summed E-state index contributed by atoms with van der Waals surface area (Å²) in [4.78, 5) is 10.0. The first-order valence-electron chi connectivity index (χ1n) is 6.12.